The molecule has 1 aliphatic heterocycles. The number of hydrogen-bond acceptors (Lipinski definition) is 4. The largest absolute Gasteiger partial charge is 0.338 e. The van der Waals surface area contributed by atoms with Crippen LogP contribution in [0.3, 0.4) is 0 Å². The Hall–Kier alpha value is -0.880. The SMILES string of the molecule is C=CN1C=NCC1.CS(=O)(=O)O. The summed E-state index contributed by atoms with van der Waals surface area (Å²) in [5, 5.41) is 0. The minimum atomic E-state index is -3.67. The molecule has 0 aromatic rings. The third-order valence-corrected chi connectivity index (χ3v) is 0.952. The van der Waals surface area contributed by atoms with E-state index in [1.54, 1.807) is 12.5 Å². The van der Waals surface area contributed by atoms with Crippen LogP contribution in [0.1, 0.15) is 0 Å². The zero-order valence-electron chi connectivity index (χ0n) is 6.84. The predicted molar refractivity (Wildman–Crippen MR) is 47.7 cm³/mol. The molecule has 0 bridgehead atoms. The maximum atomic E-state index is 9.19. The molecule has 6 heteroatoms. The number of aliphatic imine (C=N–C) groups is 1. The highest BCUT2D eigenvalue weighted by molar-refractivity contribution is 7.85. The highest BCUT2D eigenvalue weighted by Crippen LogP contribution is 1.90. The van der Waals surface area contributed by atoms with E-state index in [1.807, 2.05) is 4.90 Å². The van der Waals surface area contributed by atoms with Crippen molar-refractivity contribution in [3.05, 3.63) is 12.8 Å². The van der Waals surface area contributed by atoms with Crippen LogP contribution in [-0.2, 0) is 10.1 Å². The van der Waals surface area contributed by atoms with Gasteiger partial charge in [0.15, 0.2) is 0 Å². The quantitative estimate of drug-likeness (QED) is 0.593. The molecular formula is C6H12N2O3S. The summed E-state index contributed by atoms with van der Waals surface area (Å²) in [5.41, 5.74) is 0. The smallest absolute Gasteiger partial charge is 0.261 e. The summed E-state index contributed by atoms with van der Waals surface area (Å²) in [4.78, 5) is 5.92. The van der Waals surface area contributed by atoms with Crippen molar-refractivity contribution in [2.24, 2.45) is 4.99 Å². The van der Waals surface area contributed by atoms with Crippen LogP contribution in [0.4, 0.5) is 0 Å². The fourth-order valence-electron chi connectivity index (χ4n) is 0.532. The summed E-state index contributed by atoms with van der Waals surface area (Å²) in [6, 6.07) is 0. The van der Waals surface area contributed by atoms with Crippen LogP contribution in [-0.4, -0.2) is 43.6 Å². The van der Waals surface area contributed by atoms with Crippen molar-refractivity contribution in [2.45, 2.75) is 0 Å². The van der Waals surface area contributed by atoms with Gasteiger partial charge >= 0.3 is 0 Å². The molecule has 0 spiro atoms. The van der Waals surface area contributed by atoms with Gasteiger partial charge in [-0.1, -0.05) is 6.58 Å². The van der Waals surface area contributed by atoms with E-state index in [1.165, 1.54) is 0 Å². The highest BCUT2D eigenvalue weighted by atomic mass is 32.2. The van der Waals surface area contributed by atoms with E-state index < -0.39 is 10.1 Å². The van der Waals surface area contributed by atoms with Crippen LogP contribution in [0, 0.1) is 0 Å². The first-order valence-corrected chi connectivity index (χ1v) is 5.09. The highest BCUT2D eigenvalue weighted by Gasteiger charge is 1.96. The molecular weight excluding hydrogens is 180 g/mol. The minimum absolute atomic E-state index is 0.715. The maximum absolute atomic E-state index is 9.19. The lowest BCUT2D eigenvalue weighted by atomic mass is 10.6. The van der Waals surface area contributed by atoms with Gasteiger partial charge in [0.25, 0.3) is 10.1 Å². The van der Waals surface area contributed by atoms with E-state index in [0.29, 0.717) is 6.26 Å². The third-order valence-electron chi connectivity index (χ3n) is 0.952. The summed E-state index contributed by atoms with van der Waals surface area (Å²) in [6.45, 7) is 5.50. The van der Waals surface area contributed by atoms with E-state index in [-0.39, 0.29) is 0 Å². The average Bonchev–Trinajstić information content (AvgIpc) is 2.33. The minimum Gasteiger partial charge on any atom is -0.338 e. The summed E-state index contributed by atoms with van der Waals surface area (Å²) < 4.78 is 25.9. The maximum Gasteiger partial charge on any atom is 0.261 e. The molecule has 0 radical (unpaired) electrons. The van der Waals surface area contributed by atoms with Crippen LogP contribution in [0.2, 0.25) is 0 Å². The molecule has 0 aromatic heterocycles. The standard InChI is InChI=1S/C5H8N2.CH4O3S/c1-2-7-4-3-6-5-7;1-5(2,3)4/h2,5H,1,3-4H2;1H3,(H,2,3,4). The second-order valence-corrected chi connectivity index (χ2v) is 3.64. The first kappa shape index (κ1) is 11.1. The van der Waals surface area contributed by atoms with Crippen molar-refractivity contribution in [2.75, 3.05) is 19.3 Å². The Morgan fingerprint density at radius 2 is 2.25 bits per heavy atom. The Bertz CT molecular complexity index is 250. The van der Waals surface area contributed by atoms with Gasteiger partial charge in [0.1, 0.15) is 0 Å². The van der Waals surface area contributed by atoms with E-state index in [0.717, 1.165) is 13.1 Å². The average molecular weight is 192 g/mol. The zero-order valence-corrected chi connectivity index (χ0v) is 7.66. The molecule has 1 aliphatic rings. The molecule has 1 heterocycles. The van der Waals surface area contributed by atoms with Crippen molar-refractivity contribution in [3.63, 3.8) is 0 Å². The third kappa shape index (κ3) is 9.12. The van der Waals surface area contributed by atoms with Crippen LogP contribution in [0.15, 0.2) is 17.8 Å². The van der Waals surface area contributed by atoms with Gasteiger partial charge in [-0.15, -0.1) is 0 Å². The number of rotatable bonds is 1. The molecule has 0 unspecified atom stereocenters. The van der Waals surface area contributed by atoms with E-state index >= 15 is 0 Å². The first-order chi connectivity index (χ1) is 5.43. The molecule has 0 fully saturated rings. The van der Waals surface area contributed by atoms with Crippen LogP contribution in [0.5, 0.6) is 0 Å². The fourth-order valence-corrected chi connectivity index (χ4v) is 0.532. The summed E-state index contributed by atoms with van der Waals surface area (Å²) >= 11 is 0. The van der Waals surface area contributed by atoms with E-state index in [9.17, 15) is 8.42 Å². The molecule has 0 saturated heterocycles. The zero-order chi connectivity index (χ0) is 9.61. The van der Waals surface area contributed by atoms with Gasteiger partial charge in [0.2, 0.25) is 0 Å². The summed E-state index contributed by atoms with van der Waals surface area (Å²) in [7, 11) is -3.67. The van der Waals surface area contributed by atoms with Crippen LogP contribution >= 0.6 is 0 Å². The molecule has 0 aliphatic carbocycles. The molecule has 70 valence electrons. The topological polar surface area (TPSA) is 70.0 Å². The van der Waals surface area contributed by atoms with Crippen molar-refractivity contribution in [1.29, 1.82) is 0 Å². The molecule has 1 rings (SSSR count). The normalized spacial score (nSPS) is 15.3. The predicted octanol–water partition coefficient (Wildman–Crippen LogP) is -0.0222. The van der Waals surface area contributed by atoms with Gasteiger partial charge in [-0.25, -0.2) is 0 Å². The Kier molecular flexibility index (Phi) is 4.53. The summed E-state index contributed by atoms with van der Waals surface area (Å²) in [6.07, 6.45) is 4.29. The molecule has 12 heavy (non-hydrogen) atoms. The lowest BCUT2D eigenvalue weighted by Crippen LogP contribution is -2.09. The second-order valence-electron chi connectivity index (χ2n) is 2.18. The summed E-state index contributed by atoms with van der Waals surface area (Å²) in [5.74, 6) is 0. The molecule has 0 saturated carbocycles. The molecule has 0 amide bonds. The molecule has 5 nitrogen and oxygen atoms in total. The second kappa shape index (κ2) is 4.89. The fraction of sp³-hybridized carbons (Fsp3) is 0.500. The Morgan fingerprint density at radius 1 is 1.75 bits per heavy atom. The van der Waals surface area contributed by atoms with Gasteiger partial charge in [0.05, 0.1) is 19.1 Å². The van der Waals surface area contributed by atoms with E-state index in [4.69, 9.17) is 4.55 Å². The van der Waals surface area contributed by atoms with Crippen molar-refractivity contribution in [1.82, 2.24) is 4.90 Å². The van der Waals surface area contributed by atoms with Gasteiger partial charge in [-0.3, -0.25) is 9.55 Å². The molecule has 0 atom stereocenters. The number of nitrogens with zero attached hydrogens (tertiary/aromatic N) is 2. The van der Waals surface area contributed by atoms with Gasteiger partial charge in [-0.2, -0.15) is 8.42 Å². The Labute approximate surface area is 72.2 Å². The lowest BCUT2D eigenvalue weighted by molar-refractivity contribution is 0.490. The lowest BCUT2D eigenvalue weighted by Gasteiger charge is -2.02. The molecule has 1 N–H and O–H groups in total. The van der Waals surface area contributed by atoms with E-state index in [2.05, 4.69) is 11.6 Å². The monoisotopic (exact) mass is 192 g/mol. The Balaban J connectivity index is 0.000000217. The van der Waals surface area contributed by atoms with Gasteiger partial charge in [-0.05, 0) is 6.20 Å². The first-order valence-electron chi connectivity index (χ1n) is 3.24. The number of hydrogen-bond donors (Lipinski definition) is 1. The van der Waals surface area contributed by atoms with Gasteiger partial charge in [0, 0.05) is 6.54 Å². The van der Waals surface area contributed by atoms with Crippen LogP contribution in [0.25, 0.3) is 0 Å². The van der Waals surface area contributed by atoms with Gasteiger partial charge < -0.3 is 4.90 Å². The molecule has 0 aromatic carbocycles. The van der Waals surface area contributed by atoms with Crippen LogP contribution < -0.4 is 0 Å². The van der Waals surface area contributed by atoms with Crippen molar-refractivity contribution in [3.8, 4) is 0 Å². The van der Waals surface area contributed by atoms with Crippen molar-refractivity contribution < 1.29 is 13.0 Å². The Morgan fingerprint density at radius 3 is 2.42 bits per heavy atom. The van der Waals surface area contributed by atoms with Crippen molar-refractivity contribution >= 4 is 16.5 Å².